The van der Waals surface area contributed by atoms with Crippen LogP contribution in [0.2, 0.25) is 0 Å². The lowest BCUT2D eigenvalue weighted by atomic mass is 9.93. The number of aliphatic hydroxyl groups is 1. The fourth-order valence-electron chi connectivity index (χ4n) is 3.43. The quantitative estimate of drug-likeness (QED) is 0.329. The summed E-state index contributed by atoms with van der Waals surface area (Å²) in [5, 5.41) is 21.3. The molecule has 4 atom stereocenters. The van der Waals surface area contributed by atoms with E-state index in [-0.39, 0.29) is 24.3 Å². The van der Waals surface area contributed by atoms with Gasteiger partial charge in [0.15, 0.2) is 6.10 Å². The molecule has 10 heteroatoms. The van der Waals surface area contributed by atoms with E-state index < -0.39 is 47.6 Å². The van der Waals surface area contributed by atoms with E-state index in [1.54, 1.807) is 34.6 Å². The summed E-state index contributed by atoms with van der Waals surface area (Å²) in [6.45, 7) is 13.0. The minimum atomic E-state index is -1.55. The molecular formula is C22H40N4O6. The van der Waals surface area contributed by atoms with Gasteiger partial charge < -0.3 is 31.1 Å². The van der Waals surface area contributed by atoms with E-state index >= 15 is 0 Å². The van der Waals surface area contributed by atoms with E-state index in [4.69, 9.17) is 4.74 Å². The van der Waals surface area contributed by atoms with E-state index in [9.17, 15) is 24.3 Å². The van der Waals surface area contributed by atoms with Gasteiger partial charge in [0.1, 0.15) is 11.6 Å². The number of nitrogens with one attached hydrogen (secondary N) is 4. The molecule has 0 bridgehead atoms. The standard InChI is InChI=1S/C22H40N4O6/c1-12(2)10-16(26-21(31)32-22(5,6)7)19(29)25-15(11-14-8-9-23-18(14)28)17(27)20(30)24-13(3)4/h12-17,27H,8-11H2,1-7H3,(H,23,28)(H,24,30)(H,25,29)(H,26,31)/t14-,15-,16-,17?/m0/s1. The number of ether oxygens (including phenoxy) is 1. The first kappa shape index (κ1) is 27.7. The van der Waals surface area contributed by atoms with Crippen molar-refractivity contribution in [3.63, 3.8) is 0 Å². The van der Waals surface area contributed by atoms with Gasteiger partial charge >= 0.3 is 6.09 Å². The highest BCUT2D eigenvalue weighted by molar-refractivity contribution is 5.88. The molecule has 0 aromatic heterocycles. The van der Waals surface area contributed by atoms with E-state index in [1.807, 2.05) is 13.8 Å². The number of rotatable bonds is 10. The molecule has 32 heavy (non-hydrogen) atoms. The molecule has 1 aliphatic heterocycles. The van der Waals surface area contributed by atoms with E-state index in [0.717, 1.165) is 0 Å². The zero-order valence-electron chi connectivity index (χ0n) is 20.3. The van der Waals surface area contributed by atoms with Crippen molar-refractivity contribution in [2.45, 2.75) is 97.6 Å². The molecule has 0 aliphatic carbocycles. The van der Waals surface area contributed by atoms with Crippen LogP contribution in [0, 0.1) is 11.8 Å². The molecule has 1 aliphatic rings. The molecule has 5 N–H and O–H groups in total. The second-order valence-corrected chi connectivity index (χ2v) is 10.1. The fraction of sp³-hybridized carbons (Fsp3) is 0.818. The molecule has 0 spiro atoms. The molecule has 1 unspecified atom stereocenters. The Hall–Kier alpha value is -2.36. The van der Waals surface area contributed by atoms with Crippen LogP contribution in [-0.2, 0) is 19.1 Å². The molecule has 0 aromatic carbocycles. The summed E-state index contributed by atoms with van der Waals surface area (Å²) in [5.41, 5.74) is -0.730. The zero-order valence-corrected chi connectivity index (χ0v) is 20.3. The Kier molecular flexibility index (Phi) is 10.4. The lowest BCUT2D eigenvalue weighted by molar-refractivity contribution is -0.134. The predicted molar refractivity (Wildman–Crippen MR) is 120 cm³/mol. The van der Waals surface area contributed by atoms with Crippen LogP contribution in [0.25, 0.3) is 0 Å². The van der Waals surface area contributed by atoms with Gasteiger partial charge in [-0.15, -0.1) is 0 Å². The highest BCUT2D eigenvalue weighted by atomic mass is 16.6. The van der Waals surface area contributed by atoms with E-state index in [1.165, 1.54) is 0 Å². The average molecular weight is 457 g/mol. The molecule has 1 fully saturated rings. The Labute approximate surface area is 190 Å². The molecule has 1 rings (SSSR count). The summed E-state index contributed by atoms with van der Waals surface area (Å²) in [6, 6.07) is -2.12. The molecule has 4 amide bonds. The second kappa shape index (κ2) is 12.0. The first-order chi connectivity index (χ1) is 14.7. The molecular weight excluding hydrogens is 416 g/mol. The summed E-state index contributed by atoms with van der Waals surface area (Å²) in [4.78, 5) is 49.8. The Balaban J connectivity index is 3.00. The van der Waals surface area contributed by atoms with Gasteiger partial charge in [-0.3, -0.25) is 14.4 Å². The third kappa shape index (κ3) is 9.84. The Bertz CT molecular complexity index is 674. The average Bonchev–Trinajstić information content (AvgIpc) is 3.02. The van der Waals surface area contributed by atoms with Crippen LogP contribution in [-0.4, -0.2) is 65.3 Å². The first-order valence-corrected chi connectivity index (χ1v) is 11.3. The molecule has 0 aromatic rings. The van der Waals surface area contributed by atoms with Gasteiger partial charge in [-0.1, -0.05) is 13.8 Å². The highest BCUT2D eigenvalue weighted by Crippen LogP contribution is 2.19. The lowest BCUT2D eigenvalue weighted by Gasteiger charge is -2.29. The number of aliphatic hydroxyl groups excluding tert-OH is 1. The first-order valence-electron chi connectivity index (χ1n) is 11.3. The minimum absolute atomic E-state index is 0.0777. The van der Waals surface area contributed by atoms with Gasteiger partial charge in [0.2, 0.25) is 11.8 Å². The lowest BCUT2D eigenvalue weighted by Crippen LogP contribution is -2.57. The van der Waals surface area contributed by atoms with Gasteiger partial charge in [-0.2, -0.15) is 0 Å². The molecule has 0 saturated carbocycles. The SMILES string of the molecule is CC(C)C[C@H](NC(=O)OC(C)(C)C)C(=O)N[C@@H](C[C@@H]1CCNC1=O)C(O)C(=O)NC(C)C. The summed E-state index contributed by atoms with van der Waals surface area (Å²) in [7, 11) is 0. The topological polar surface area (TPSA) is 146 Å². The van der Waals surface area contributed by atoms with Crippen molar-refractivity contribution in [1.29, 1.82) is 0 Å². The van der Waals surface area contributed by atoms with Crippen LogP contribution in [0.15, 0.2) is 0 Å². The van der Waals surface area contributed by atoms with Crippen molar-refractivity contribution in [1.82, 2.24) is 21.3 Å². The summed E-state index contributed by atoms with van der Waals surface area (Å²) in [5.74, 6) is -1.71. The van der Waals surface area contributed by atoms with Gasteiger partial charge in [-0.25, -0.2) is 4.79 Å². The largest absolute Gasteiger partial charge is 0.444 e. The summed E-state index contributed by atoms with van der Waals surface area (Å²) < 4.78 is 5.26. The van der Waals surface area contributed by atoms with Crippen LogP contribution < -0.4 is 21.3 Å². The Morgan fingerprint density at radius 3 is 2.19 bits per heavy atom. The zero-order chi connectivity index (χ0) is 24.6. The Morgan fingerprint density at radius 1 is 1.09 bits per heavy atom. The predicted octanol–water partition coefficient (Wildman–Crippen LogP) is 0.822. The van der Waals surface area contributed by atoms with Crippen molar-refractivity contribution in [3.8, 4) is 0 Å². The number of carbonyl (C=O) groups excluding carboxylic acids is 4. The highest BCUT2D eigenvalue weighted by Gasteiger charge is 2.36. The van der Waals surface area contributed by atoms with Crippen LogP contribution in [0.4, 0.5) is 4.79 Å². The molecule has 1 saturated heterocycles. The monoisotopic (exact) mass is 456 g/mol. The number of hydrogen-bond donors (Lipinski definition) is 5. The summed E-state index contributed by atoms with van der Waals surface area (Å²) in [6.07, 6.45) is -1.30. The number of hydrogen-bond acceptors (Lipinski definition) is 6. The van der Waals surface area contributed by atoms with E-state index in [0.29, 0.717) is 19.4 Å². The second-order valence-electron chi connectivity index (χ2n) is 10.1. The smallest absolute Gasteiger partial charge is 0.408 e. The van der Waals surface area contributed by atoms with Crippen molar-refractivity contribution < 1.29 is 29.0 Å². The van der Waals surface area contributed by atoms with Crippen molar-refractivity contribution in [2.24, 2.45) is 11.8 Å². The van der Waals surface area contributed by atoms with Gasteiger partial charge in [0, 0.05) is 18.5 Å². The number of carbonyl (C=O) groups is 4. The normalized spacial score (nSPS) is 19.2. The van der Waals surface area contributed by atoms with Crippen LogP contribution >= 0.6 is 0 Å². The number of amides is 4. The third-order valence-corrected chi connectivity index (χ3v) is 4.82. The van der Waals surface area contributed by atoms with E-state index in [2.05, 4.69) is 21.3 Å². The maximum absolute atomic E-state index is 13.1. The molecule has 10 nitrogen and oxygen atoms in total. The van der Waals surface area contributed by atoms with Crippen molar-refractivity contribution >= 4 is 23.8 Å². The van der Waals surface area contributed by atoms with Gasteiger partial charge in [0.25, 0.3) is 5.91 Å². The van der Waals surface area contributed by atoms with Crippen molar-refractivity contribution in [3.05, 3.63) is 0 Å². The third-order valence-electron chi connectivity index (χ3n) is 4.82. The minimum Gasteiger partial charge on any atom is -0.444 e. The molecule has 1 heterocycles. The molecule has 184 valence electrons. The Morgan fingerprint density at radius 2 is 1.72 bits per heavy atom. The van der Waals surface area contributed by atoms with Gasteiger partial charge in [-0.05, 0) is 59.8 Å². The van der Waals surface area contributed by atoms with Crippen molar-refractivity contribution in [2.75, 3.05) is 6.54 Å². The maximum Gasteiger partial charge on any atom is 0.408 e. The maximum atomic E-state index is 13.1. The number of alkyl carbamates (subject to hydrolysis) is 1. The fourth-order valence-corrected chi connectivity index (χ4v) is 3.43. The van der Waals surface area contributed by atoms with Crippen LogP contribution in [0.3, 0.4) is 0 Å². The van der Waals surface area contributed by atoms with Crippen LogP contribution in [0.1, 0.15) is 67.7 Å². The molecule has 0 radical (unpaired) electrons. The van der Waals surface area contributed by atoms with Gasteiger partial charge in [0.05, 0.1) is 6.04 Å². The van der Waals surface area contributed by atoms with Crippen LogP contribution in [0.5, 0.6) is 0 Å². The summed E-state index contributed by atoms with van der Waals surface area (Å²) >= 11 is 0.